The third-order valence-electron chi connectivity index (χ3n) is 4.64. The topological polar surface area (TPSA) is 84.0 Å². The highest BCUT2D eigenvalue weighted by Crippen LogP contribution is 2.40. The molecule has 8 heteroatoms. The van der Waals surface area contributed by atoms with Crippen LogP contribution in [0.4, 0.5) is 8.78 Å². The molecule has 27 heavy (non-hydrogen) atoms. The highest BCUT2D eigenvalue weighted by molar-refractivity contribution is 5.86. The molecule has 0 aliphatic heterocycles. The molecule has 0 spiro atoms. The predicted octanol–water partition coefficient (Wildman–Crippen LogP) is 3.52. The van der Waals surface area contributed by atoms with E-state index in [0.29, 0.717) is 36.5 Å². The number of aromatic nitrogens is 3. The van der Waals surface area contributed by atoms with Crippen LogP contribution in [-0.4, -0.2) is 32.1 Å². The quantitative estimate of drug-likeness (QED) is 0.760. The normalized spacial score (nSPS) is 19.5. The Hall–Kier alpha value is -3.05. The maximum Gasteiger partial charge on any atom is 0.394 e. The number of hydrogen-bond donors (Lipinski definition) is 1. The van der Waals surface area contributed by atoms with Crippen LogP contribution in [0.1, 0.15) is 36.9 Å². The summed E-state index contributed by atoms with van der Waals surface area (Å²) >= 11 is 0. The summed E-state index contributed by atoms with van der Waals surface area (Å²) in [7, 11) is 0. The van der Waals surface area contributed by atoms with Gasteiger partial charge in [0.2, 0.25) is 0 Å². The third kappa shape index (κ3) is 3.22. The van der Waals surface area contributed by atoms with Crippen LogP contribution in [0.3, 0.4) is 0 Å². The lowest BCUT2D eigenvalue weighted by atomic mass is 9.77. The first kappa shape index (κ1) is 17.4. The summed E-state index contributed by atoms with van der Waals surface area (Å²) in [4.78, 5) is 4.36. The molecule has 0 amide bonds. The van der Waals surface area contributed by atoms with E-state index < -0.39 is 6.11 Å². The molecule has 0 atom stereocenters. The van der Waals surface area contributed by atoms with Crippen molar-refractivity contribution < 1.29 is 18.6 Å². The first-order valence-corrected chi connectivity index (χ1v) is 8.49. The van der Waals surface area contributed by atoms with Crippen molar-refractivity contribution in [3.8, 4) is 17.5 Å². The number of fused-ring (bicyclic) bond motifs is 1. The molecule has 1 aliphatic rings. The number of aliphatic hydroxyl groups excluding tert-OH is 1. The van der Waals surface area contributed by atoms with Gasteiger partial charge in [-0.05, 0) is 54.7 Å². The zero-order valence-corrected chi connectivity index (χ0v) is 14.4. The second kappa shape index (κ2) is 6.28. The first-order chi connectivity index (χ1) is 12.9. The van der Waals surface area contributed by atoms with E-state index in [0.717, 1.165) is 5.56 Å². The van der Waals surface area contributed by atoms with E-state index in [1.165, 1.54) is 16.8 Å². The summed E-state index contributed by atoms with van der Waals surface area (Å²) in [5.41, 5.74) is 2.28. The van der Waals surface area contributed by atoms with E-state index in [-0.39, 0.29) is 23.5 Å². The predicted molar refractivity (Wildman–Crippen MR) is 92.8 cm³/mol. The summed E-state index contributed by atoms with van der Waals surface area (Å²) in [5, 5.41) is 24.1. The third-order valence-corrected chi connectivity index (χ3v) is 4.64. The number of nitrogens with zero attached hydrogens (tertiary/aromatic N) is 4. The molecule has 0 bridgehead atoms. The van der Waals surface area contributed by atoms with E-state index in [9.17, 15) is 19.1 Å². The second-order valence-corrected chi connectivity index (χ2v) is 6.70. The zero-order chi connectivity index (χ0) is 19.2. The van der Waals surface area contributed by atoms with E-state index >= 15 is 0 Å². The largest absolute Gasteiger partial charge is 0.433 e. The number of halogens is 2. The number of rotatable bonds is 4. The van der Waals surface area contributed by atoms with E-state index in [1.807, 2.05) is 6.07 Å². The number of aliphatic hydroxyl groups is 1. The summed E-state index contributed by atoms with van der Waals surface area (Å²) in [6.45, 7) is 0.671. The Kier molecular flexibility index (Phi) is 4.04. The van der Waals surface area contributed by atoms with Crippen LogP contribution >= 0.6 is 0 Å². The molecule has 1 fully saturated rings. The summed E-state index contributed by atoms with van der Waals surface area (Å²) in [6.07, 6.45) is -0.643. The van der Waals surface area contributed by atoms with Gasteiger partial charge in [-0.1, -0.05) is 0 Å². The van der Waals surface area contributed by atoms with Crippen LogP contribution in [0.25, 0.3) is 16.7 Å². The lowest BCUT2D eigenvalue weighted by Crippen LogP contribution is -2.26. The van der Waals surface area contributed by atoms with Gasteiger partial charge in [-0.2, -0.15) is 19.1 Å². The maximum atomic E-state index is 13.0. The molecule has 3 aromatic rings. The molecule has 1 aromatic carbocycles. The van der Waals surface area contributed by atoms with E-state index in [1.54, 1.807) is 18.3 Å². The van der Waals surface area contributed by atoms with Gasteiger partial charge < -0.3 is 9.84 Å². The molecule has 2 aromatic heterocycles. The smallest absolute Gasteiger partial charge is 0.394 e. The standard InChI is InChI=1S/C19H16F2N4O2/c1-19(20,21)27-14-4-2-12(3-5-14)25-18-17(16(10-22)24-25)15(6-7-23-18)11-8-13(26)9-11/h2-7,11,13,26H,8-9H2,1H3. The Morgan fingerprint density at radius 3 is 2.56 bits per heavy atom. The Labute approximate surface area is 153 Å². The van der Waals surface area contributed by atoms with Gasteiger partial charge in [0.25, 0.3) is 0 Å². The SMILES string of the molecule is CC(F)(F)Oc1ccc(-n2nc(C#N)c3c(C4CC(O)C4)ccnc32)cc1. The highest BCUT2D eigenvalue weighted by Gasteiger charge is 2.31. The summed E-state index contributed by atoms with van der Waals surface area (Å²) in [5.74, 6) is 0.193. The zero-order valence-electron chi connectivity index (χ0n) is 14.4. The minimum atomic E-state index is -3.27. The average Bonchev–Trinajstić information content (AvgIpc) is 2.97. The van der Waals surface area contributed by atoms with Gasteiger partial charge in [-0.3, -0.25) is 0 Å². The first-order valence-electron chi connectivity index (χ1n) is 8.49. The van der Waals surface area contributed by atoms with Crippen molar-refractivity contribution in [1.29, 1.82) is 5.26 Å². The minimum Gasteiger partial charge on any atom is -0.433 e. The summed E-state index contributed by atoms with van der Waals surface area (Å²) in [6, 6.07) is 9.94. The van der Waals surface area contributed by atoms with Gasteiger partial charge in [-0.15, -0.1) is 0 Å². The molecule has 0 saturated heterocycles. The van der Waals surface area contributed by atoms with Gasteiger partial charge in [-0.25, -0.2) is 9.67 Å². The Morgan fingerprint density at radius 1 is 1.26 bits per heavy atom. The Bertz CT molecular complexity index is 1030. The monoisotopic (exact) mass is 370 g/mol. The van der Waals surface area contributed by atoms with Crippen LogP contribution in [0.5, 0.6) is 5.75 Å². The molecule has 2 heterocycles. The fourth-order valence-corrected chi connectivity index (χ4v) is 3.37. The van der Waals surface area contributed by atoms with Crippen molar-refractivity contribution in [1.82, 2.24) is 14.8 Å². The van der Waals surface area contributed by atoms with E-state index in [2.05, 4.69) is 20.9 Å². The molecular weight excluding hydrogens is 354 g/mol. The van der Waals surface area contributed by atoms with Gasteiger partial charge in [0.15, 0.2) is 11.3 Å². The van der Waals surface area contributed by atoms with Crippen LogP contribution in [0, 0.1) is 11.3 Å². The van der Waals surface area contributed by atoms with Crippen LogP contribution < -0.4 is 4.74 Å². The van der Waals surface area contributed by atoms with Crippen molar-refractivity contribution in [3.63, 3.8) is 0 Å². The molecule has 0 radical (unpaired) electrons. The van der Waals surface area contributed by atoms with Crippen LogP contribution in [0.15, 0.2) is 36.5 Å². The number of pyridine rings is 1. The fourth-order valence-electron chi connectivity index (χ4n) is 3.37. The second-order valence-electron chi connectivity index (χ2n) is 6.70. The number of alkyl halides is 2. The van der Waals surface area contributed by atoms with Crippen molar-refractivity contribution >= 4 is 11.0 Å². The fraction of sp³-hybridized carbons (Fsp3) is 0.316. The maximum absolute atomic E-state index is 13.0. The lowest BCUT2D eigenvalue weighted by molar-refractivity contribution is -0.158. The van der Waals surface area contributed by atoms with E-state index in [4.69, 9.17) is 0 Å². The van der Waals surface area contributed by atoms with Crippen molar-refractivity contribution in [2.45, 2.75) is 37.9 Å². The van der Waals surface area contributed by atoms with Crippen LogP contribution in [0.2, 0.25) is 0 Å². The number of hydrogen-bond acceptors (Lipinski definition) is 5. The van der Waals surface area contributed by atoms with Crippen LogP contribution in [-0.2, 0) is 0 Å². The number of benzene rings is 1. The molecular formula is C19H16F2N4O2. The molecule has 1 aliphatic carbocycles. The highest BCUT2D eigenvalue weighted by atomic mass is 19.3. The Morgan fingerprint density at radius 2 is 1.96 bits per heavy atom. The minimum absolute atomic E-state index is 0.0281. The van der Waals surface area contributed by atoms with Crippen molar-refractivity contribution in [3.05, 3.63) is 47.8 Å². The summed E-state index contributed by atoms with van der Waals surface area (Å²) < 4.78 is 32.0. The molecule has 4 rings (SSSR count). The Balaban J connectivity index is 1.77. The molecule has 138 valence electrons. The van der Waals surface area contributed by atoms with Gasteiger partial charge >= 0.3 is 6.11 Å². The number of ether oxygens (including phenoxy) is 1. The molecule has 1 N–H and O–H groups in total. The average molecular weight is 370 g/mol. The van der Waals surface area contributed by atoms with Crippen molar-refractivity contribution in [2.24, 2.45) is 0 Å². The van der Waals surface area contributed by atoms with Gasteiger partial charge in [0.1, 0.15) is 11.8 Å². The molecule has 0 unspecified atom stereocenters. The number of nitriles is 1. The van der Waals surface area contributed by atoms with Gasteiger partial charge in [0.05, 0.1) is 17.2 Å². The van der Waals surface area contributed by atoms with Crippen molar-refractivity contribution in [2.75, 3.05) is 0 Å². The molecule has 6 nitrogen and oxygen atoms in total. The van der Waals surface area contributed by atoms with Gasteiger partial charge in [0, 0.05) is 13.1 Å². The lowest BCUT2D eigenvalue weighted by Gasteiger charge is -2.32. The molecule has 1 saturated carbocycles.